The van der Waals surface area contributed by atoms with Crippen LogP contribution in [-0.2, 0) is 28.6 Å². The van der Waals surface area contributed by atoms with Gasteiger partial charge in [-0.2, -0.15) is 0 Å². The second-order valence-corrected chi connectivity index (χ2v) is 18.4. The van der Waals surface area contributed by atoms with Crippen LogP contribution in [0.2, 0.25) is 0 Å². The minimum absolute atomic E-state index is 0.115. The molecule has 0 rings (SSSR count). The zero-order chi connectivity index (χ0) is 50.7. The summed E-state index contributed by atoms with van der Waals surface area (Å²) in [4.78, 5) is 38.2. The van der Waals surface area contributed by atoms with Gasteiger partial charge in [0.25, 0.3) is 0 Å². The van der Waals surface area contributed by atoms with Crippen molar-refractivity contribution in [2.24, 2.45) is 0 Å². The van der Waals surface area contributed by atoms with E-state index in [4.69, 9.17) is 14.2 Å². The van der Waals surface area contributed by atoms with E-state index in [1.807, 2.05) is 24.3 Å². The van der Waals surface area contributed by atoms with Gasteiger partial charge in [0.2, 0.25) is 0 Å². The number of esters is 3. The molecule has 0 heterocycles. The van der Waals surface area contributed by atoms with Crippen molar-refractivity contribution in [1.29, 1.82) is 0 Å². The van der Waals surface area contributed by atoms with Crippen LogP contribution in [0.4, 0.5) is 0 Å². The molecular formula is C64H102O6. The van der Waals surface area contributed by atoms with Crippen molar-refractivity contribution in [1.82, 2.24) is 0 Å². The van der Waals surface area contributed by atoms with Crippen LogP contribution < -0.4 is 0 Å². The maximum Gasteiger partial charge on any atom is 0.306 e. The minimum Gasteiger partial charge on any atom is -0.462 e. The molecule has 0 saturated carbocycles. The number of unbranched alkanes of at least 4 members (excludes halogenated alkanes) is 24. The van der Waals surface area contributed by atoms with E-state index in [9.17, 15) is 14.4 Å². The zero-order valence-corrected chi connectivity index (χ0v) is 45.0. The molecule has 0 aromatic heterocycles. The van der Waals surface area contributed by atoms with E-state index in [1.54, 1.807) is 0 Å². The Hall–Kier alpha value is -4.45. The van der Waals surface area contributed by atoms with Gasteiger partial charge in [-0.3, -0.25) is 14.4 Å². The van der Waals surface area contributed by atoms with E-state index in [1.165, 1.54) is 70.6 Å². The normalized spacial score (nSPS) is 13.1. The molecular weight excluding hydrogens is 865 g/mol. The fourth-order valence-corrected chi connectivity index (χ4v) is 7.30. The van der Waals surface area contributed by atoms with Crippen LogP contribution in [0.5, 0.6) is 0 Å². The largest absolute Gasteiger partial charge is 0.462 e. The van der Waals surface area contributed by atoms with Crippen molar-refractivity contribution >= 4 is 17.9 Å². The molecule has 6 nitrogen and oxygen atoms in total. The van der Waals surface area contributed by atoms with Crippen LogP contribution in [0.15, 0.2) is 134 Å². The third-order valence-corrected chi connectivity index (χ3v) is 11.6. The topological polar surface area (TPSA) is 78.9 Å². The first-order valence-electron chi connectivity index (χ1n) is 28.3. The van der Waals surface area contributed by atoms with Crippen molar-refractivity contribution in [3.63, 3.8) is 0 Å². The minimum atomic E-state index is -0.818. The van der Waals surface area contributed by atoms with Crippen molar-refractivity contribution in [2.75, 3.05) is 13.2 Å². The Balaban J connectivity index is 4.57. The predicted octanol–water partition coefficient (Wildman–Crippen LogP) is 19.0. The number of carbonyl (C=O) groups excluding carboxylic acids is 3. The van der Waals surface area contributed by atoms with E-state index >= 15 is 0 Å². The standard InChI is InChI=1S/C64H102O6/c1-4-7-10-13-16-19-22-25-28-31-33-36-39-42-45-48-51-54-57-63(66)69-60-61(59-68-62(65)56-53-50-47-44-41-38-35-30-27-24-21-18-15-12-9-6-3)70-64(67)58-55-52-49-46-43-40-37-34-32-29-26-23-20-17-14-11-8-5-2/h10,13,16-17,19-20,22-23,25-26,28-38,41,61H,4-9,11-12,14-15,18,21,24,27,39-40,42-60H2,1-3H3/b13-10-,19-16-,20-17-,25-22-,26-23-,31-28-,32-29-,35-30-,36-33-,37-34-,41-38-. The summed E-state index contributed by atoms with van der Waals surface area (Å²) in [6, 6.07) is 0. The Labute approximate surface area is 430 Å². The van der Waals surface area contributed by atoms with Crippen molar-refractivity contribution < 1.29 is 28.6 Å². The lowest BCUT2D eigenvalue weighted by Crippen LogP contribution is -2.30. The van der Waals surface area contributed by atoms with Crippen LogP contribution in [-0.4, -0.2) is 37.2 Å². The smallest absolute Gasteiger partial charge is 0.306 e. The highest BCUT2D eigenvalue weighted by atomic mass is 16.6. The van der Waals surface area contributed by atoms with E-state index in [2.05, 4.69) is 130 Å². The quantitative estimate of drug-likeness (QED) is 0.0262. The summed E-state index contributed by atoms with van der Waals surface area (Å²) in [6.07, 6.45) is 79.9. The van der Waals surface area contributed by atoms with Gasteiger partial charge in [0, 0.05) is 19.3 Å². The Bertz CT molecular complexity index is 1530. The van der Waals surface area contributed by atoms with E-state index in [-0.39, 0.29) is 37.5 Å². The number of hydrogen-bond donors (Lipinski definition) is 0. The van der Waals surface area contributed by atoms with Gasteiger partial charge in [0.15, 0.2) is 6.10 Å². The lowest BCUT2D eigenvalue weighted by Gasteiger charge is -2.18. The molecule has 0 aromatic carbocycles. The molecule has 394 valence electrons. The summed E-state index contributed by atoms with van der Waals surface area (Å²) in [7, 11) is 0. The average Bonchev–Trinajstić information content (AvgIpc) is 3.36. The summed E-state index contributed by atoms with van der Waals surface area (Å²) >= 11 is 0. The molecule has 6 heteroatoms. The molecule has 1 unspecified atom stereocenters. The fourth-order valence-electron chi connectivity index (χ4n) is 7.30. The third kappa shape index (κ3) is 54.5. The maximum atomic E-state index is 12.9. The molecule has 0 aliphatic carbocycles. The Morgan fingerprint density at radius 1 is 0.286 bits per heavy atom. The number of ether oxygens (including phenoxy) is 3. The molecule has 0 amide bonds. The Morgan fingerprint density at radius 2 is 0.543 bits per heavy atom. The van der Waals surface area contributed by atoms with Crippen LogP contribution in [0.3, 0.4) is 0 Å². The molecule has 0 N–H and O–H groups in total. The summed E-state index contributed by atoms with van der Waals surface area (Å²) in [5.74, 6) is -0.991. The monoisotopic (exact) mass is 967 g/mol. The molecule has 0 aromatic rings. The van der Waals surface area contributed by atoms with Crippen molar-refractivity contribution in [2.45, 2.75) is 239 Å². The van der Waals surface area contributed by atoms with Gasteiger partial charge in [0.05, 0.1) is 0 Å². The highest BCUT2D eigenvalue weighted by molar-refractivity contribution is 5.71. The third-order valence-electron chi connectivity index (χ3n) is 11.6. The van der Waals surface area contributed by atoms with Gasteiger partial charge in [-0.05, 0) is 89.9 Å². The molecule has 0 aliphatic rings. The molecule has 0 spiro atoms. The maximum absolute atomic E-state index is 12.9. The van der Waals surface area contributed by atoms with Gasteiger partial charge in [0.1, 0.15) is 13.2 Å². The van der Waals surface area contributed by atoms with E-state index < -0.39 is 6.10 Å². The van der Waals surface area contributed by atoms with Crippen LogP contribution in [0, 0.1) is 0 Å². The Morgan fingerprint density at radius 3 is 0.914 bits per heavy atom. The Kier molecular flexibility index (Phi) is 53.5. The second kappa shape index (κ2) is 57.1. The molecule has 0 fully saturated rings. The first kappa shape index (κ1) is 65.5. The molecule has 0 radical (unpaired) electrons. The molecule has 70 heavy (non-hydrogen) atoms. The van der Waals surface area contributed by atoms with E-state index in [0.717, 1.165) is 122 Å². The number of allylic oxidation sites excluding steroid dienone is 22. The lowest BCUT2D eigenvalue weighted by atomic mass is 10.1. The highest BCUT2D eigenvalue weighted by Gasteiger charge is 2.19. The van der Waals surface area contributed by atoms with Crippen LogP contribution >= 0.6 is 0 Å². The van der Waals surface area contributed by atoms with Crippen molar-refractivity contribution in [3.05, 3.63) is 134 Å². The average molecular weight is 968 g/mol. The molecule has 0 saturated heterocycles. The molecule has 1 atom stereocenters. The fraction of sp³-hybridized carbons (Fsp3) is 0.609. The first-order chi connectivity index (χ1) is 34.5. The predicted molar refractivity (Wildman–Crippen MR) is 302 cm³/mol. The van der Waals surface area contributed by atoms with E-state index in [0.29, 0.717) is 12.8 Å². The van der Waals surface area contributed by atoms with Gasteiger partial charge in [-0.1, -0.05) is 257 Å². The van der Waals surface area contributed by atoms with Gasteiger partial charge < -0.3 is 14.2 Å². The number of rotatable bonds is 49. The van der Waals surface area contributed by atoms with Crippen LogP contribution in [0.25, 0.3) is 0 Å². The number of hydrogen-bond acceptors (Lipinski definition) is 6. The second-order valence-electron chi connectivity index (χ2n) is 18.4. The van der Waals surface area contributed by atoms with Gasteiger partial charge in [-0.15, -0.1) is 0 Å². The van der Waals surface area contributed by atoms with Gasteiger partial charge in [-0.25, -0.2) is 0 Å². The summed E-state index contributed by atoms with van der Waals surface area (Å²) < 4.78 is 16.8. The molecule has 0 bridgehead atoms. The zero-order valence-electron chi connectivity index (χ0n) is 45.0. The van der Waals surface area contributed by atoms with Gasteiger partial charge >= 0.3 is 17.9 Å². The molecule has 0 aliphatic heterocycles. The van der Waals surface area contributed by atoms with Crippen LogP contribution in [0.1, 0.15) is 233 Å². The number of carbonyl (C=O) groups is 3. The van der Waals surface area contributed by atoms with Crippen molar-refractivity contribution in [3.8, 4) is 0 Å². The lowest BCUT2D eigenvalue weighted by molar-refractivity contribution is -0.167. The summed E-state index contributed by atoms with van der Waals surface area (Å²) in [5, 5.41) is 0. The summed E-state index contributed by atoms with van der Waals surface area (Å²) in [6.45, 7) is 6.43. The highest BCUT2D eigenvalue weighted by Crippen LogP contribution is 2.13. The first-order valence-corrected chi connectivity index (χ1v) is 28.3. The summed E-state index contributed by atoms with van der Waals surface area (Å²) in [5.41, 5.74) is 0. The SMILES string of the molecule is CCC\C=C/C=C\C=C/C=C\C=C/CCCCCCCC(=O)OCC(COC(=O)CCCCC/C=C\C=C/CCCCCCCCC)OC(=O)CCCCCCC\C=C/C=C\C=C/C=C\CCCCC.